The predicted molar refractivity (Wildman–Crippen MR) is 109 cm³/mol. The van der Waals surface area contributed by atoms with E-state index in [0.717, 1.165) is 27.7 Å². The first-order valence-electron chi connectivity index (χ1n) is 8.59. The fourth-order valence-electron chi connectivity index (χ4n) is 2.61. The molecule has 0 saturated carbocycles. The Balaban J connectivity index is 1.52. The van der Waals surface area contributed by atoms with Crippen molar-refractivity contribution in [1.29, 1.82) is 0 Å². The van der Waals surface area contributed by atoms with Crippen LogP contribution in [0.25, 0.3) is 0 Å². The van der Waals surface area contributed by atoms with Crippen LogP contribution in [0.2, 0.25) is 5.02 Å². The summed E-state index contributed by atoms with van der Waals surface area (Å²) in [4.78, 5) is 14.4. The summed E-state index contributed by atoms with van der Waals surface area (Å²) in [5.74, 6) is -0.197. The van der Waals surface area contributed by atoms with Gasteiger partial charge in [0.2, 0.25) is 5.01 Å². The number of nitrogens with zero attached hydrogens (tertiary/aromatic N) is 3. The number of carbonyl (C=O) groups is 1. The summed E-state index contributed by atoms with van der Waals surface area (Å²) >= 11 is 7.34. The zero-order valence-corrected chi connectivity index (χ0v) is 16.8. The van der Waals surface area contributed by atoms with Crippen LogP contribution in [-0.4, -0.2) is 28.1 Å². The van der Waals surface area contributed by atoms with Gasteiger partial charge in [0, 0.05) is 18.1 Å². The quantitative estimate of drug-likeness (QED) is 0.649. The third kappa shape index (κ3) is 5.85. The summed E-state index contributed by atoms with van der Waals surface area (Å²) in [6, 6.07) is 15.8. The van der Waals surface area contributed by atoms with E-state index in [0.29, 0.717) is 18.1 Å². The molecule has 0 bridgehead atoms. The van der Waals surface area contributed by atoms with Crippen LogP contribution in [0.1, 0.15) is 31.5 Å². The van der Waals surface area contributed by atoms with Crippen molar-refractivity contribution in [3.05, 3.63) is 80.3 Å². The largest absolute Gasteiger partial charge is 0.346 e. The number of benzene rings is 2. The van der Waals surface area contributed by atoms with Crippen molar-refractivity contribution in [1.82, 2.24) is 20.4 Å². The van der Waals surface area contributed by atoms with Gasteiger partial charge in [0.05, 0.1) is 6.54 Å². The summed E-state index contributed by atoms with van der Waals surface area (Å²) in [6.07, 6.45) is 0. The highest BCUT2D eigenvalue weighted by Crippen LogP contribution is 2.16. The third-order valence-electron chi connectivity index (χ3n) is 3.98. The molecule has 0 fully saturated rings. The molecular formula is C20H21ClN4OS. The summed E-state index contributed by atoms with van der Waals surface area (Å²) < 4.78 is 0. The molecule has 1 N–H and O–H groups in total. The average Bonchev–Trinajstić information content (AvgIpc) is 3.09. The van der Waals surface area contributed by atoms with E-state index >= 15 is 0 Å². The predicted octanol–water partition coefficient (Wildman–Crippen LogP) is 4.06. The maximum Gasteiger partial charge on any atom is 0.282 e. The molecule has 0 aliphatic heterocycles. The zero-order chi connectivity index (χ0) is 19.2. The molecule has 7 heteroatoms. The highest BCUT2D eigenvalue weighted by Gasteiger charge is 2.14. The lowest BCUT2D eigenvalue weighted by atomic mass is 10.1. The molecule has 0 atom stereocenters. The first kappa shape index (κ1) is 19.5. The van der Waals surface area contributed by atoms with Crippen molar-refractivity contribution >= 4 is 28.8 Å². The van der Waals surface area contributed by atoms with E-state index in [4.69, 9.17) is 11.6 Å². The zero-order valence-electron chi connectivity index (χ0n) is 15.3. The van der Waals surface area contributed by atoms with Gasteiger partial charge in [-0.05, 0) is 37.2 Å². The fourth-order valence-corrected chi connectivity index (χ4v) is 3.66. The molecule has 140 valence electrons. The van der Waals surface area contributed by atoms with Crippen molar-refractivity contribution in [3.8, 4) is 0 Å². The van der Waals surface area contributed by atoms with Gasteiger partial charge in [-0.15, -0.1) is 10.2 Å². The SMILES string of the molecule is Cc1ccc(CNC(=O)c2nnc(CN(C)Cc3cccc(Cl)c3)s2)cc1. The Morgan fingerprint density at radius 2 is 1.89 bits per heavy atom. The number of hydrogen-bond donors (Lipinski definition) is 1. The van der Waals surface area contributed by atoms with Crippen molar-refractivity contribution in [2.45, 2.75) is 26.6 Å². The van der Waals surface area contributed by atoms with Gasteiger partial charge in [0.1, 0.15) is 5.01 Å². The highest BCUT2D eigenvalue weighted by molar-refractivity contribution is 7.13. The van der Waals surface area contributed by atoms with E-state index in [1.807, 2.05) is 62.5 Å². The van der Waals surface area contributed by atoms with Gasteiger partial charge in [-0.1, -0.05) is 64.9 Å². The summed E-state index contributed by atoms with van der Waals surface area (Å²) in [7, 11) is 2.00. The number of carbonyl (C=O) groups excluding carboxylic acids is 1. The molecule has 3 rings (SSSR count). The van der Waals surface area contributed by atoms with Gasteiger partial charge in [-0.3, -0.25) is 9.69 Å². The number of rotatable bonds is 7. The monoisotopic (exact) mass is 400 g/mol. The second kappa shape index (κ2) is 9.08. The van der Waals surface area contributed by atoms with E-state index in [-0.39, 0.29) is 5.91 Å². The molecule has 0 aliphatic rings. The smallest absolute Gasteiger partial charge is 0.282 e. The standard InChI is InChI=1S/C20H21ClN4OS/c1-14-6-8-15(9-7-14)11-22-19(26)20-24-23-18(27-20)13-25(2)12-16-4-3-5-17(21)10-16/h3-10H,11-13H2,1-2H3,(H,22,26). The van der Waals surface area contributed by atoms with E-state index < -0.39 is 0 Å². The molecule has 0 saturated heterocycles. The van der Waals surface area contributed by atoms with Gasteiger partial charge < -0.3 is 5.32 Å². The Labute approximate surface area is 168 Å². The number of amides is 1. The van der Waals surface area contributed by atoms with E-state index in [9.17, 15) is 4.79 Å². The molecule has 27 heavy (non-hydrogen) atoms. The molecule has 1 amide bonds. The van der Waals surface area contributed by atoms with Gasteiger partial charge >= 0.3 is 0 Å². The van der Waals surface area contributed by atoms with Crippen molar-refractivity contribution in [2.75, 3.05) is 7.05 Å². The van der Waals surface area contributed by atoms with Crippen LogP contribution in [0.4, 0.5) is 0 Å². The van der Waals surface area contributed by atoms with Crippen LogP contribution >= 0.6 is 22.9 Å². The molecule has 1 aromatic heterocycles. The second-order valence-corrected chi connectivity index (χ2v) is 7.97. The molecule has 5 nitrogen and oxygen atoms in total. The molecule has 0 spiro atoms. The second-order valence-electron chi connectivity index (χ2n) is 6.47. The van der Waals surface area contributed by atoms with Crippen LogP contribution in [-0.2, 0) is 19.6 Å². The lowest BCUT2D eigenvalue weighted by Gasteiger charge is -2.14. The molecular weight excluding hydrogens is 380 g/mol. The minimum absolute atomic E-state index is 0.197. The fraction of sp³-hybridized carbons (Fsp3) is 0.250. The Hall–Kier alpha value is -2.28. The number of halogens is 1. The number of nitrogens with one attached hydrogen (secondary N) is 1. The van der Waals surface area contributed by atoms with Crippen LogP contribution in [0, 0.1) is 6.92 Å². The highest BCUT2D eigenvalue weighted by atomic mass is 35.5. The first-order valence-corrected chi connectivity index (χ1v) is 9.78. The average molecular weight is 401 g/mol. The molecule has 0 radical (unpaired) electrons. The normalized spacial score (nSPS) is 11.0. The Morgan fingerprint density at radius 3 is 2.63 bits per heavy atom. The maximum absolute atomic E-state index is 12.3. The molecule has 0 aliphatic carbocycles. The Kier molecular flexibility index (Phi) is 6.55. The van der Waals surface area contributed by atoms with E-state index in [1.54, 1.807) is 0 Å². The summed E-state index contributed by atoms with van der Waals surface area (Å²) in [6.45, 7) is 3.88. The van der Waals surface area contributed by atoms with Gasteiger partial charge in [-0.25, -0.2) is 0 Å². The van der Waals surface area contributed by atoms with Crippen LogP contribution in [0.5, 0.6) is 0 Å². The molecule has 2 aromatic carbocycles. The van der Waals surface area contributed by atoms with Crippen molar-refractivity contribution in [3.63, 3.8) is 0 Å². The molecule has 3 aromatic rings. The van der Waals surface area contributed by atoms with Crippen molar-refractivity contribution < 1.29 is 4.79 Å². The van der Waals surface area contributed by atoms with Crippen molar-refractivity contribution in [2.24, 2.45) is 0 Å². The Bertz CT molecular complexity index is 910. The number of hydrogen-bond acceptors (Lipinski definition) is 5. The lowest BCUT2D eigenvalue weighted by molar-refractivity contribution is 0.0950. The van der Waals surface area contributed by atoms with Crippen LogP contribution in [0.15, 0.2) is 48.5 Å². The van der Waals surface area contributed by atoms with Crippen LogP contribution in [0.3, 0.4) is 0 Å². The maximum atomic E-state index is 12.3. The van der Waals surface area contributed by atoms with Gasteiger partial charge in [-0.2, -0.15) is 0 Å². The number of aryl methyl sites for hydroxylation is 1. The minimum Gasteiger partial charge on any atom is -0.346 e. The minimum atomic E-state index is -0.197. The van der Waals surface area contributed by atoms with Gasteiger partial charge in [0.25, 0.3) is 5.91 Å². The topological polar surface area (TPSA) is 58.1 Å². The summed E-state index contributed by atoms with van der Waals surface area (Å²) in [5, 5.41) is 13.0. The molecule has 1 heterocycles. The third-order valence-corrected chi connectivity index (χ3v) is 5.12. The Morgan fingerprint density at radius 1 is 1.11 bits per heavy atom. The van der Waals surface area contributed by atoms with Gasteiger partial charge in [0.15, 0.2) is 0 Å². The van der Waals surface area contributed by atoms with E-state index in [2.05, 4.69) is 20.4 Å². The van der Waals surface area contributed by atoms with E-state index in [1.165, 1.54) is 16.9 Å². The van der Waals surface area contributed by atoms with Crippen LogP contribution < -0.4 is 5.32 Å². The first-order chi connectivity index (χ1) is 13.0. The number of aromatic nitrogens is 2. The molecule has 0 unspecified atom stereocenters. The lowest BCUT2D eigenvalue weighted by Crippen LogP contribution is -2.22. The summed E-state index contributed by atoms with van der Waals surface area (Å²) in [5.41, 5.74) is 3.38.